The molecule has 3 nitrogen and oxygen atoms in total. The van der Waals surface area contributed by atoms with Crippen molar-refractivity contribution >= 4 is 13.8 Å². The molecule has 0 aliphatic heterocycles. The first kappa shape index (κ1) is 15.3. The lowest BCUT2D eigenvalue weighted by molar-refractivity contribution is 0.129. The summed E-state index contributed by atoms with van der Waals surface area (Å²) in [6.07, 6.45) is 3.18. The van der Waals surface area contributed by atoms with Crippen molar-refractivity contribution in [3.63, 3.8) is 0 Å². The molecule has 0 amide bonds. The fraction of sp³-hybridized carbons (Fsp3) is 0.600. The van der Waals surface area contributed by atoms with E-state index in [2.05, 4.69) is 25.0 Å². The molecule has 1 fully saturated rings. The van der Waals surface area contributed by atoms with Gasteiger partial charge in [0.2, 0.25) is 0 Å². The van der Waals surface area contributed by atoms with Crippen LogP contribution in [-0.2, 0) is 4.74 Å². The van der Waals surface area contributed by atoms with Gasteiger partial charge >= 0.3 is 0 Å². The van der Waals surface area contributed by atoms with Gasteiger partial charge in [0, 0.05) is 18.3 Å². The van der Waals surface area contributed by atoms with Crippen LogP contribution in [0.5, 0.6) is 5.75 Å². The minimum atomic E-state index is -1.17. The molecule has 5 heteroatoms. The van der Waals surface area contributed by atoms with Crippen LogP contribution in [0.25, 0.3) is 0 Å². The standard InChI is InChI=1S/C15H24FNO2Si/c1-20(2,3)11-18-8-9-19-15-10-12(16)4-7-14(15)17-13-5-6-13/h4,7,10,13,17H,5-6,8-9,11H2,1-3H3. The van der Waals surface area contributed by atoms with Crippen molar-refractivity contribution in [3.8, 4) is 5.75 Å². The fourth-order valence-corrected chi connectivity index (χ4v) is 2.53. The van der Waals surface area contributed by atoms with Crippen molar-refractivity contribution in [2.75, 3.05) is 24.8 Å². The van der Waals surface area contributed by atoms with E-state index in [0.29, 0.717) is 25.0 Å². The maximum Gasteiger partial charge on any atom is 0.145 e. The highest BCUT2D eigenvalue weighted by Crippen LogP contribution is 2.31. The molecule has 0 bridgehead atoms. The lowest BCUT2D eigenvalue weighted by Gasteiger charge is -2.17. The number of ether oxygens (including phenoxy) is 2. The molecule has 0 saturated heterocycles. The molecule has 1 N–H and O–H groups in total. The Morgan fingerprint density at radius 1 is 1.25 bits per heavy atom. The maximum atomic E-state index is 13.3. The van der Waals surface area contributed by atoms with E-state index in [9.17, 15) is 4.39 Å². The van der Waals surface area contributed by atoms with Gasteiger partial charge in [-0.25, -0.2) is 4.39 Å². The quantitative estimate of drug-likeness (QED) is 0.586. The predicted octanol–water partition coefficient (Wildman–Crippen LogP) is 3.67. The van der Waals surface area contributed by atoms with Gasteiger partial charge in [-0.05, 0) is 25.0 Å². The van der Waals surface area contributed by atoms with Crippen LogP contribution < -0.4 is 10.1 Å². The first-order chi connectivity index (χ1) is 9.44. The molecule has 0 spiro atoms. The number of hydrogen-bond acceptors (Lipinski definition) is 3. The zero-order valence-corrected chi connectivity index (χ0v) is 13.5. The summed E-state index contributed by atoms with van der Waals surface area (Å²) in [5.41, 5.74) is 0.874. The van der Waals surface area contributed by atoms with Crippen molar-refractivity contribution in [2.24, 2.45) is 0 Å². The Morgan fingerprint density at radius 2 is 2.00 bits per heavy atom. The Bertz CT molecular complexity index is 444. The summed E-state index contributed by atoms with van der Waals surface area (Å²) in [6.45, 7) is 7.78. The van der Waals surface area contributed by atoms with Gasteiger partial charge in [0.1, 0.15) is 18.2 Å². The number of halogens is 1. The monoisotopic (exact) mass is 297 g/mol. The van der Waals surface area contributed by atoms with Gasteiger partial charge in [0.05, 0.1) is 20.4 Å². The van der Waals surface area contributed by atoms with Gasteiger partial charge in [-0.3, -0.25) is 0 Å². The molecule has 1 aromatic rings. The van der Waals surface area contributed by atoms with E-state index in [-0.39, 0.29) is 5.82 Å². The van der Waals surface area contributed by atoms with E-state index in [1.165, 1.54) is 25.0 Å². The molecular formula is C15H24FNO2Si. The summed E-state index contributed by atoms with van der Waals surface area (Å²) in [6, 6.07) is 5.15. The second kappa shape index (κ2) is 6.59. The smallest absolute Gasteiger partial charge is 0.145 e. The molecule has 0 heterocycles. The Kier molecular flexibility index (Phi) is 5.04. The summed E-state index contributed by atoms with van der Waals surface area (Å²) in [7, 11) is -1.17. The molecule has 0 radical (unpaired) electrons. The second-order valence-electron chi connectivity index (χ2n) is 6.52. The summed E-state index contributed by atoms with van der Waals surface area (Å²) in [4.78, 5) is 0. The second-order valence-corrected chi connectivity index (χ2v) is 11.9. The van der Waals surface area contributed by atoms with Crippen molar-refractivity contribution in [1.82, 2.24) is 0 Å². The number of nitrogens with one attached hydrogen (secondary N) is 1. The third kappa shape index (κ3) is 5.51. The van der Waals surface area contributed by atoms with Gasteiger partial charge in [0.25, 0.3) is 0 Å². The van der Waals surface area contributed by atoms with Crippen LogP contribution >= 0.6 is 0 Å². The van der Waals surface area contributed by atoms with Crippen molar-refractivity contribution in [1.29, 1.82) is 0 Å². The maximum absolute atomic E-state index is 13.3. The summed E-state index contributed by atoms with van der Waals surface area (Å²) in [5.74, 6) is 0.304. The van der Waals surface area contributed by atoms with E-state index in [1.807, 2.05) is 0 Å². The number of anilines is 1. The molecule has 20 heavy (non-hydrogen) atoms. The third-order valence-corrected chi connectivity index (χ3v) is 3.97. The average molecular weight is 297 g/mol. The zero-order valence-electron chi connectivity index (χ0n) is 12.5. The van der Waals surface area contributed by atoms with Gasteiger partial charge in [-0.2, -0.15) is 0 Å². The Hall–Kier alpha value is -1.07. The topological polar surface area (TPSA) is 30.5 Å². The highest BCUT2D eigenvalue weighted by Gasteiger charge is 2.22. The largest absolute Gasteiger partial charge is 0.489 e. The first-order valence-corrected chi connectivity index (χ1v) is 10.9. The molecule has 1 saturated carbocycles. The average Bonchev–Trinajstić information content (AvgIpc) is 3.14. The molecule has 0 atom stereocenters. The normalized spacial score (nSPS) is 15.2. The molecule has 2 rings (SSSR count). The first-order valence-electron chi connectivity index (χ1n) is 7.21. The van der Waals surface area contributed by atoms with Gasteiger partial charge in [-0.1, -0.05) is 19.6 Å². The molecule has 112 valence electrons. The summed E-state index contributed by atoms with van der Waals surface area (Å²) < 4.78 is 24.6. The van der Waals surface area contributed by atoms with Gasteiger partial charge in [-0.15, -0.1) is 0 Å². The highest BCUT2D eigenvalue weighted by atomic mass is 28.3. The number of benzene rings is 1. The van der Waals surface area contributed by atoms with E-state index in [0.717, 1.165) is 11.9 Å². The van der Waals surface area contributed by atoms with Crippen molar-refractivity contribution in [3.05, 3.63) is 24.0 Å². The molecule has 1 aliphatic carbocycles. The molecule has 0 aromatic heterocycles. The van der Waals surface area contributed by atoms with Gasteiger partial charge in [0.15, 0.2) is 0 Å². The van der Waals surface area contributed by atoms with Crippen LogP contribution in [0.1, 0.15) is 12.8 Å². The minimum Gasteiger partial charge on any atom is -0.489 e. The Balaban J connectivity index is 1.80. The summed E-state index contributed by atoms with van der Waals surface area (Å²) >= 11 is 0. The SMILES string of the molecule is C[Si](C)(C)COCCOc1cc(F)ccc1NC1CC1. The van der Waals surface area contributed by atoms with Crippen LogP contribution in [0, 0.1) is 5.82 Å². The molecular weight excluding hydrogens is 273 g/mol. The van der Waals surface area contributed by atoms with Crippen LogP contribution in [-0.4, -0.2) is 33.6 Å². The van der Waals surface area contributed by atoms with E-state index < -0.39 is 8.07 Å². The van der Waals surface area contributed by atoms with E-state index in [1.54, 1.807) is 6.07 Å². The number of rotatable bonds is 8. The zero-order chi connectivity index (χ0) is 14.6. The Morgan fingerprint density at radius 3 is 2.65 bits per heavy atom. The highest BCUT2D eigenvalue weighted by molar-refractivity contribution is 6.76. The third-order valence-electron chi connectivity index (χ3n) is 2.90. The van der Waals surface area contributed by atoms with Crippen LogP contribution in [0.3, 0.4) is 0 Å². The number of hydrogen-bond donors (Lipinski definition) is 1. The van der Waals surface area contributed by atoms with Gasteiger partial charge < -0.3 is 14.8 Å². The lowest BCUT2D eigenvalue weighted by atomic mass is 10.3. The van der Waals surface area contributed by atoms with Crippen LogP contribution in [0.15, 0.2) is 18.2 Å². The van der Waals surface area contributed by atoms with E-state index in [4.69, 9.17) is 9.47 Å². The lowest BCUT2D eigenvalue weighted by Crippen LogP contribution is -2.29. The van der Waals surface area contributed by atoms with E-state index >= 15 is 0 Å². The van der Waals surface area contributed by atoms with Crippen LogP contribution in [0.2, 0.25) is 19.6 Å². The summed E-state index contributed by atoms with van der Waals surface area (Å²) in [5, 5.41) is 3.35. The van der Waals surface area contributed by atoms with Crippen molar-refractivity contribution in [2.45, 2.75) is 38.5 Å². The molecule has 1 aromatic carbocycles. The minimum absolute atomic E-state index is 0.274. The molecule has 0 unspecified atom stereocenters. The predicted molar refractivity (Wildman–Crippen MR) is 82.7 cm³/mol. The Labute approximate surface area is 121 Å². The van der Waals surface area contributed by atoms with Crippen LogP contribution in [0.4, 0.5) is 10.1 Å². The fourth-order valence-electron chi connectivity index (χ4n) is 1.77. The van der Waals surface area contributed by atoms with Crippen molar-refractivity contribution < 1.29 is 13.9 Å². The molecule has 1 aliphatic rings.